The normalized spacial score (nSPS) is 10.6. The van der Waals surface area contributed by atoms with Crippen molar-refractivity contribution < 1.29 is 19.1 Å². The minimum absolute atomic E-state index is 0.215. The summed E-state index contributed by atoms with van der Waals surface area (Å²) in [5.41, 5.74) is 5.12. The average Bonchev–Trinajstić information content (AvgIpc) is 2.84. The van der Waals surface area contributed by atoms with E-state index in [0.717, 1.165) is 17.5 Å². The Bertz CT molecular complexity index is 1160. The Balaban J connectivity index is 1.68. The topological polar surface area (TPSA) is 89.0 Å². The summed E-state index contributed by atoms with van der Waals surface area (Å²) < 4.78 is 11.3. The summed E-state index contributed by atoms with van der Waals surface area (Å²) in [5, 5.41) is 7.10. The number of halogens is 1. The summed E-state index contributed by atoms with van der Waals surface area (Å²) >= 11 is 6.21. The Morgan fingerprint density at radius 1 is 0.970 bits per heavy atom. The Hall–Kier alpha value is -3.84. The van der Waals surface area contributed by atoms with Gasteiger partial charge in [0.15, 0.2) is 11.5 Å². The number of amides is 2. The standard InChI is InChI=1S/C25H24ClN3O4/c1-3-17-9-5-7-13-21(17)28-24(30)25(31)29-27-15-18-11-8-14-22(32-2)23(18)33-16-19-10-4-6-12-20(19)26/h4-15H,3,16H2,1-2H3,(H,28,30)(H,29,31)/b27-15-. The molecule has 7 nitrogen and oxygen atoms in total. The molecule has 0 bridgehead atoms. The first-order valence-electron chi connectivity index (χ1n) is 10.3. The molecule has 3 rings (SSSR count). The van der Waals surface area contributed by atoms with Crippen LogP contribution < -0.4 is 20.2 Å². The molecule has 8 heteroatoms. The number of nitrogens with one attached hydrogen (secondary N) is 2. The molecular weight excluding hydrogens is 442 g/mol. The zero-order valence-electron chi connectivity index (χ0n) is 18.3. The van der Waals surface area contributed by atoms with Crippen molar-refractivity contribution in [2.75, 3.05) is 12.4 Å². The van der Waals surface area contributed by atoms with E-state index < -0.39 is 11.8 Å². The Labute approximate surface area is 197 Å². The van der Waals surface area contributed by atoms with Crippen LogP contribution in [-0.4, -0.2) is 25.1 Å². The van der Waals surface area contributed by atoms with Crippen LogP contribution in [0.15, 0.2) is 71.8 Å². The number of hydrazone groups is 1. The average molecular weight is 466 g/mol. The van der Waals surface area contributed by atoms with Crippen LogP contribution in [0.4, 0.5) is 5.69 Å². The molecule has 0 fully saturated rings. The van der Waals surface area contributed by atoms with Crippen molar-refractivity contribution in [2.24, 2.45) is 5.10 Å². The van der Waals surface area contributed by atoms with Gasteiger partial charge < -0.3 is 14.8 Å². The van der Waals surface area contributed by atoms with Crippen LogP contribution in [-0.2, 0) is 22.6 Å². The van der Waals surface area contributed by atoms with Crippen LogP contribution in [0.5, 0.6) is 11.5 Å². The number of para-hydroxylation sites is 2. The monoisotopic (exact) mass is 465 g/mol. The van der Waals surface area contributed by atoms with Crippen molar-refractivity contribution in [3.8, 4) is 11.5 Å². The highest BCUT2D eigenvalue weighted by molar-refractivity contribution is 6.39. The van der Waals surface area contributed by atoms with Crippen LogP contribution in [0.2, 0.25) is 5.02 Å². The molecule has 0 atom stereocenters. The molecule has 2 amide bonds. The van der Waals surface area contributed by atoms with E-state index in [4.69, 9.17) is 21.1 Å². The van der Waals surface area contributed by atoms with Crippen molar-refractivity contribution >= 4 is 35.3 Å². The first kappa shape index (κ1) is 23.8. The molecule has 0 heterocycles. The molecule has 0 aliphatic rings. The zero-order chi connectivity index (χ0) is 23.6. The van der Waals surface area contributed by atoms with Crippen LogP contribution in [0.1, 0.15) is 23.6 Å². The third-order valence-corrected chi connectivity index (χ3v) is 5.15. The van der Waals surface area contributed by atoms with E-state index in [1.165, 1.54) is 13.3 Å². The van der Waals surface area contributed by atoms with Gasteiger partial charge in [0.05, 0.1) is 13.3 Å². The molecule has 3 aromatic carbocycles. The predicted molar refractivity (Wildman–Crippen MR) is 129 cm³/mol. The highest BCUT2D eigenvalue weighted by Crippen LogP contribution is 2.31. The summed E-state index contributed by atoms with van der Waals surface area (Å²) in [6, 6.07) is 19.9. The second-order valence-corrected chi connectivity index (χ2v) is 7.33. The first-order valence-corrected chi connectivity index (χ1v) is 10.7. The van der Waals surface area contributed by atoms with Crippen LogP contribution >= 0.6 is 11.6 Å². The molecule has 0 aliphatic heterocycles. The SMILES string of the molecule is CCc1ccccc1NC(=O)C(=O)N/N=C\c1cccc(OC)c1OCc1ccccc1Cl. The summed E-state index contributed by atoms with van der Waals surface area (Å²) in [4.78, 5) is 24.4. The molecule has 2 N–H and O–H groups in total. The number of rotatable bonds is 8. The molecule has 0 radical (unpaired) electrons. The minimum Gasteiger partial charge on any atom is -0.493 e. The molecule has 0 saturated carbocycles. The summed E-state index contributed by atoms with van der Waals surface area (Å²) in [7, 11) is 1.53. The molecule has 33 heavy (non-hydrogen) atoms. The lowest BCUT2D eigenvalue weighted by Crippen LogP contribution is -2.32. The van der Waals surface area contributed by atoms with Crippen molar-refractivity contribution in [3.05, 3.63) is 88.4 Å². The van der Waals surface area contributed by atoms with E-state index in [-0.39, 0.29) is 6.61 Å². The lowest BCUT2D eigenvalue weighted by atomic mass is 10.1. The Kier molecular flexibility index (Phi) is 8.43. The van der Waals surface area contributed by atoms with Gasteiger partial charge in [0.1, 0.15) is 6.61 Å². The number of benzene rings is 3. The molecule has 0 aromatic heterocycles. The summed E-state index contributed by atoms with van der Waals surface area (Å²) in [6.07, 6.45) is 2.11. The van der Waals surface area contributed by atoms with Crippen molar-refractivity contribution in [1.29, 1.82) is 0 Å². The smallest absolute Gasteiger partial charge is 0.329 e. The second-order valence-electron chi connectivity index (χ2n) is 6.92. The number of ether oxygens (including phenoxy) is 2. The van der Waals surface area contributed by atoms with Gasteiger partial charge in [-0.25, -0.2) is 5.43 Å². The lowest BCUT2D eigenvalue weighted by molar-refractivity contribution is -0.136. The van der Waals surface area contributed by atoms with E-state index in [1.807, 2.05) is 37.3 Å². The first-order chi connectivity index (χ1) is 16.0. The maximum absolute atomic E-state index is 12.2. The molecule has 3 aromatic rings. The molecule has 170 valence electrons. The van der Waals surface area contributed by atoms with Crippen molar-refractivity contribution in [2.45, 2.75) is 20.0 Å². The van der Waals surface area contributed by atoms with Crippen LogP contribution in [0.25, 0.3) is 0 Å². The van der Waals surface area contributed by atoms with Gasteiger partial charge in [0, 0.05) is 21.8 Å². The molecule has 0 spiro atoms. The maximum atomic E-state index is 12.2. The molecule has 0 unspecified atom stereocenters. The van der Waals surface area contributed by atoms with E-state index in [0.29, 0.717) is 27.8 Å². The summed E-state index contributed by atoms with van der Waals surface area (Å²) in [5.74, 6) is -0.780. The number of hydrogen-bond donors (Lipinski definition) is 2. The molecule has 0 aliphatic carbocycles. The van der Waals surface area contributed by atoms with Gasteiger partial charge in [-0.2, -0.15) is 5.10 Å². The predicted octanol–water partition coefficient (Wildman–Crippen LogP) is 4.58. The van der Waals surface area contributed by atoms with E-state index >= 15 is 0 Å². The number of aryl methyl sites for hydroxylation is 1. The van der Waals surface area contributed by atoms with E-state index in [2.05, 4.69) is 15.8 Å². The number of carbonyl (C=O) groups is 2. The summed E-state index contributed by atoms with van der Waals surface area (Å²) in [6.45, 7) is 2.18. The molecule has 0 saturated heterocycles. The van der Waals surface area contributed by atoms with Gasteiger partial charge in [-0.1, -0.05) is 61.0 Å². The van der Waals surface area contributed by atoms with Gasteiger partial charge in [-0.05, 0) is 36.2 Å². The highest BCUT2D eigenvalue weighted by Gasteiger charge is 2.15. The Morgan fingerprint density at radius 3 is 2.42 bits per heavy atom. The van der Waals surface area contributed by atoms with Gasteiger partial charge in [0.25, 0.3) is 0 Å². The van der Waals surface area contributed by atoms with Crippen molar-refractivity contribution in [3.63, 3.8) is 0 Å². The van der Waals surface area contributed by atoms with Gasteiger partial charge in [-0.3, -0.25) is 9.59 Å². The lowest BCUT2D eigenvalue weighted by Gasteiger charge is -2.14. The molecular formula is C25H24ClN3O4. The number of carbonyl (C=O) groups excluding carboxylic acids is 2. The highest BCUT2D eigenvalue weighted by atomic mass is 35.5. The van der Waals surface area contributed by atoms with Gasteiger partial charge in [0.2, 0.25) is 0 Å². The maximum Gasteiger partial charge on any atom is 0.329 e. The number of anilines is 1. The third-order valence-electron chi connectivity index (χ3n) is 4.78. The fraction of sp³-hybridized carbons (Fsp3) is 0.160. The quantitative estimate of drug-likeness (QED) is 0.289. The van der Waals surface area contributed by atoms with Crippen LogP contribution in [0.3, 0.4) is 0 Å². The number of hydrogen-bond acceptors (Lipinski definition) is 5. The van der Waals surface area contributed by atoms with Crippen molar-refractivity contribution in [1.82, 2.24) is 5.43 Å². The van der Waals surface area contributed by atoms with E-state index in [1.54, 1.807) is 36.4 Å². The van der Waals surface area contributed by atoms with Gasteiger partial charge >= 0.3 is 11.8 Å². The fourth-order valence-electron chi connectivity index (χ4n) is 3.06. The Morgan fingerprint density at radius 2 is 1.70 bits per heavy atom. The number of methoxy groups -OCH3 is 1. The van der Waals surface area contributed by atoms with E-state index in [9.17, 15) is 9.59 Å². The van der Waals surface area contributed by atoms with Gasteiger partial charge in [-0.15, -0.1) is 0 Å². The fourth-order valence-corrected chi connectivity index (χ4v) is 3.25. The second kappa shape index (κ2) is 11.7. The largest absolute Gasteiger partial charge is 0.493 e. The third kappa shape index (κ3) is 6.33. The van der Waals surface area contributed by atoms with Crippen LogP contribution in [0, 0.1) is 0 Å². The number of nitrogens with zero attached hydrogens (tertiary/aromatic N) is 1. The minimum atomic E-state index is -0.890. The zero-order valence-corrected chi connectivity index (χ0v) is 19.1.